The number of quaternary nitrogens is 1. The number of amides is 1. The second kappa shape index (κ2) is 9.22. The highest BCUT2D eigenvalue weighted by Crippen LogP contribution is 2.19. The van der Waals surface area contributed by atoms with Crippen LogP contribution >= 0.6 is 11.6 Å². The third kappa shape index (κ3) is 5.45. The average molecular weight is 389 g/mol. The van der Waals surface area contributed by atoms with Crippen molar-refractivity contribution in [2.24, 2.45) is 0 Å². The number of nitrogens with two attached hydrogens (primary N) is 1. The SMILES string of the molecule is C[C@H]([NH2+][C@@H](C)c1cccc(Cl)c1)C(=O)Nc1ccc(N2CCOCC2)cc1. The lowest BCUT2D eigenvalue weighted by molar-refractivity contribution is -0.709. The van der Waals surface area contributed by atoms with Crippen molar-refractivity contribution in [3.8, 4) is 0 Å². The second-order valence-corrected chi connectivity index (χ2v) is 7.40. The highest BCUT2D eigenvalue weighted by molar-refractivity contribution is 6.30. The number of ether oxygens (including phenoxy) is 1. The van der Waals surface area contributed by atoms with Crippen LogP contribution in [0.15, 0.2) is 48.5 Å². The van der Waals surface area contributed by atoms with Crippen LogP contribution in [0.4, 0.5) is 11.4 Å². The molecule has 27 heavy (non-hydrogen) atoms. The first-order chi connectivity index (χ1) is 13.0. The summed E-state index contributed by atoms with van der Waals surface area (Å²) in [5.41, 5.74) is 3.08. The molecule has 0 aliphatic carbocycles. The Morgan fingerprint density at radius 2 is 1.85 bits per heavy atom. The van der Waals surface area contributed by atoms with Gasteiger partial charge in [-0.2, -0.15) is 0 Å². The number of carbonyl (C=O) groups excluding carboxylic acids is 1. The number of halogens is 1. The maximum Gasteiger partial charge on any atom is 0.282 e. The molecular formula is C21H27ClN3O2+. The predicted octanol–water partition coefficient (Wildman–Crippen LogP) is 2.83. The molecule has 0 bridgehead atoms. The maximum absolute atomic E-state index is 12.5. The topological polar surface area (TPSA) is 58.2 Å². The van der Waals surface area contributed by atoms with E-state index in [1.54, 1.807) is 0 Å². The first-order valence-electron chi connectivity index (χ1n) is 9.37. The van der Waals surface area contributed by atoms with Crippen molar-refractivity contribution in [2.45, 2.75) is 25.9 Å². The summed E-state index contributed by atoms with van der Waals surface area (Å²) in [4.78, 5) is 14.8. The van der Waals surface area contributed by atoms with Crippen molar-refractivity contribution in [3.05, 3.63) is 59.1 Å². The number of anilines is 2. The van der Waals surface area contributed by atoms with E-state index in [0.29, 0.717) is 5.02 Å². The Balaban J connectivity index is 1.54. The summed E-state index contributed by atoms with van der Waals surface area (Å²) in [5, 5.41) is 5.76. The molecule has 6 heteroatoms. The van der Waals surface area contributed by atoms with E-state index in [1.807, 2.05) is 60.8 Å². The van der Waals surface area contributed by atoms with Gasteiger partial charge in [0.15, 0.2) is 6.04 Å². The molecule has 5 nitrogen and oxygen atoms in total. The number of nitrogens with one attached hydrogen (secondary N) is 1. The number of rotatable bonds is 6. The largest absolute Gasteiger partial charge is 0.378 e. The molecule has 3 rings (SSSR count). The number of nitrogens with zero attached hydrogens (tertiary/aromatic N) is 1. The van der Waals surface area contributed by atoms with Gasteiger partial charge in [-0.05, 0) is 50.2 Å². The summed E-state index contributed by atoms with van der Waals surface area (Å²) >= 11 is 6.06. The minimum atomic E-state index is -0.210. The summed E-state index contributed by atoms with van der Waals surface area (Å²) in [5.74, 6) is -0.0111. The second-order valence-electron chi connectivity index (χ2n) is 6.96. The molecule has 1 aliphatic rings. The van der Waals surface area contributed by atoms with Gasteiger partial charge in [-0.15, -0.1) is 0 Å². The standard InChI is InChI=1S/C21H26ClN3O2/c1-15(17-4-3-5-18(22)14-17)23-16(2)21(26)24-19-6-8-20(9-7-19)25-10-12-27-13-11-25/h3-9,14-16,23H,10-13H2,1-2H3,(H,24,26)/p+1/t15-,16-/m0/s1. The molecule has 3 N–H and O–H groups in total. The molecule has 0 unspecified atom stereocenters. The van der Waals surface area contributed by atoms with E-state index in [0.717, 1.165) is 43.2 Å². The van der Waals surface area contributed by atoms with E-state index < -0.39 is 0 Å². The summed E-state index contributed by atoms with van der Waals surface area (Å²) in [6.07, 6.45) is 0. The van der Waals surface area contributed by atoms with E-state index in [2.05, 4.69) is 17.1 Å². The minimum absolute atomic E-state index is 0.0111. The fourth-order valence-corrected chi connectivity index (χ4v) is 3.45. The van der Waals surface area contributed by atoms with Gasteiger partial charge in [0.25, 0.3) is 5.91 Å². The number of benzene rings is 2. The smallest absolute Gasteiger partial charge is 0.282 e. The Labute approximate surface area is 165 Å². The third-order valence-electron chi connectivity index (χ3n) is 4.88. The lowest BCUT2D eigenvalue weighted by Crippen LogP contribution is -2.91. The quantitative estimate of drug-likeness (QED) is 0.800. The number of carbonyl (C=O) groups is 1. The van der Waals surface area contributed by atoms with E-state index in [4.69, 9.17) is 16.3 Å². The van der Waals surface area contributed by atoms with Gasteiger partial charge in [0.2, 0.25) is 0 Å². The molecule has 2 aromatic carbocycles. The van der Waals surface area contributed by atoms with Gasteiger partial charge in [-0.3, -0.25) is 4.79 Å². The zero-order valence-corrected chi connectivity index (χ0v) is 16.6. The van der Waals surface area contributed by atoms with Crippen LogP contribution in [0.3, 0.4) is 0 Å². The Bertz CT molecular complexity index is 760. The first-order valence-corrected chi connectivity index (χ1v) is 9.75. The van der Waals surface area contributed by atoms with Crippen LogP contribution in [0, 0.1) is 0 Å². The Morgan fingerprint density at radius 1 is 1.15 bits per heavy atom. The molecule has 1 heterocycles. The van der Waals surface area contributed by atoms with Crippen LogP contribution in [0.1, 0.15) is 25.5 Å². The zero-order valence-electron chi connectivity index (χ0n) is 15.8. The predicted molar refractivity (Wildman–Crippen MR) is 109 cm³/mol. The van der Waals surface area contributed by atoms with Crippen LogP contribution in [-0.2, 0) is 9.53 Å². The summed E-state index contributed by atoms with van der Waals surface area (Å²) in [6.45, 7) is 7.32. The normalized spacial score (nSPS) is 16.6. The molecule has 1 aliphatic heterocycles. The number of morpholine rings is 1. The molecule has 1 saturated heterocycles. The summed E-state index contributed by atoms with van der Waals surface area (Å²) < 4.78 is 5.38. The van der Waals surface area contributed by atoms with Crippen molar-refractivity contribution >= 4 is 28.9 Å². The lowest BCUT2D eigenvalue weighted by atomic mass is 10.1. The zero-order chi connectivity index (χ0) is 19.2. The van der Waals surface area contributed by atoms with Crippen LogP contribution in [0.5, 0.6) is 0 Å². The molecule has 2 aromatic rings. The molecule has 1 amide bonds. The molecule has 144 valence electrons. The molecule has 1 fully saturated rings. The molecule has 0 saturated carbocycles. The van der Waals surface area contributed by atoms with Gasteiger partial charge >= 0.3 is 0 Å². The van der Waals surface area contributed by atoms with Gasteiger partial charge in [-0.25, -0.2) is 0 Å². The fraction of sp³-hybridized carbons (Fsp3) is 0.381. The number of hydrogen-bond acceptors (Lipinski definition) is 3. The molecule has 0 spiro atoms. The minimum Gasteiger partial charge on any atom is -0.378 e. The number of hydrogen-bond donors (Lipinski definition) is 2. The maximum atomic E-state index is 12.5. The van der Waals surface area contributed by atoms with E-state index in [9.17, 15) is 4.79 Å². The fourth-order valence-electron chi connectivity index (χ4n) is 3.25. The Kier molecular flexibility index (Phi) is 6.72. The summed E-state index contributed by atoms with van der Waals surface area (Å²) in [6, 6.07) is 15.7. The monoisotopic (exact) mass is 388 g/mol. The van der Waals surface area contributed by atoms with E-state index >= 15 is 0 Å². The van der Waals surface area contributed by atoms with Gasteiger partial charge in [0.1, 0.15) is 6.04 Å². The van der Waals surface area contributed by atoms with Crippen molar-refractivity contribution in [1.29, 1.82) is 0 Å². The van der Waals surface area contributed by atoms with Crippen LogP contribution in [-0.4, -0.2) is 38.3 Å². The van der Waals surface area contributed by atoms with Crippen molar-refractivity contribution in [2.75, 3.05) is 36.5 Å². The van der Waals surface area contributed by atoms with Crippen molar-refractivity contribution < 1.29 is 14.8 Å². The highest BCUT2D eigenvalue weighted by atomic mass is 35.5. The van der Waals surface area contributed by atoms with Gasteiger partial charge in [-0.1, -0.05) is 23.7 Å². The Hall–Kier alpha value is -2.08. The van der Waals surface area contributed by atoms with Crippen molar-refractivity contribution in [3.63, 3.8) is 0 Å². The van der Waals surface area contributed by atoms with Gasteiger partial charge in [0.05, 0.1) is 13.2 Å². The first kappa shape index (κ1) is 19.7. The average Bonchev–Trinajstić information content (AvgIpc) is 2.69. The van der Waals surface area contributed by atoms with Crippen LogP contribution < -0.4 is 15.5 Å². The summed E-state index contributed by atoms with van der Waals surface area (Å²) in [7, 11) is 0. The lowest BCUT2D eigenvalue weighted by Gasteiger charge is -2.28. The molecule has 0 radical (unpaired) electrons. The van der Waals surface area contributed by atoms with E-state index in [-0.39, 0.29) is 18.0 Å². The van der Waals surface area contributed by atoms with Crippen LogP contribution in [0.25, 0.3) is 0 Å². The van der Waals surface area contributed by atoms with Crippen molar-refractivity contribution in [1.82, 2.24) is 0 Å². The highest BCUT2D eigenvalue weighted by Gasteiger charge is 2.20. The van der Waals surface area contributed by atoms with E-state index in [1.165, 1.54) is 0 Å². The Morgan fingerprint density at radius 3 is 2.52 bits per heavy atom. The van der Waals surface area contributed by atoms with Gasteiger partial charge < -0.3 is 20.3 Å². The molecule has 0 aromatic heterocycles. The van der Waals surface area contributed by atoms with Gasteiger partial charge in [0, 0.05) is 35.1 Å². The van der Waals surface area contributed by atoms with Crippen LogP contribution in [0.2, 0.25) is 5.02 Å². The molecular weight excluding hydrogens is 362 g/mol. The third-order valence-corrected chi connectivity index (χ3v) is 5.11. The molecule has 2 atom stereocenters.